The number of hydrogen-bond donors (Lipinski definition) is 4. The monoisotopic (exact) mass is 604 g/mol. The molecule has 1 aliphatic rings. The Morgan fingerprint density at radius 3 is 2.19 bits per heavy atom. The Kier molecular flexibility index (Phi) is 11.1. The quantitative estimate of drug-likeness (QED) is 0.143. The minimum Gasteiger partial charge on any atom is -0.497 e. The highest BCUT2D eigenvalue weighted by Gasteiger charge is 2.24. The molecule has 8 nitrogen and oxygen atoms in total. The van der Waals surface area contributed by atoms with E-state index < -0.39 is 5.97 Å². The molecule has 0 atom stereocenters. The molecule has 1 heterocycles. The molecule has 1 fully saturated rings. The molecule has 4 aromatic rings. The van der Waals surface area contributed by atoms with E-state index in [-0.39, 0.29) is 5.11 Å². The molecule has 0 saturated heterocycles. The Bertz CT molecular complexity index is 1470. The predicted octanol–water partition coefficient (Wildman–Crippen LogP) is 7.66. The molecule has 1 aromatic heterocycles. The molecule has 0 radical (unpaired) electrons. The maximum absolute atomic E-state index is 10.9. The molecular weight excluding hydrogens is 569 g/mol. The van der Waals surface area contributed by atoms with Crippen LogP contribution < -0.4 is 25.8 Å². The van der Waals surface area contributed by atoms with Gasteiger partial charge in [0.2, 0.25) is 0 Å². The third-order valence-corrected chi connectivity index (χ3v) is 8.01. The van der Waals surface area contributed by atoms with Gasteiger partial charge in [0.05, 0.1) is 19.9 Å². The smallest absolute Gasteiger partial charge is 0.303 e. The first-order chi connectivity index (χ1) is 20.3. The van der Waals surface area contributed by atoms with Crippen molar-refractivity contribution in [3.63, 3.8) is 0 Å². The van der Waals surface area contributed by atoms with Crippen molar-refractivity contribution >= 4 is 51.1 Å². The van der Waals surface area contributed by atoms with Gasteiger partial charge in [-0.25, -0.2) is 4.98 Å². The fraction of sp³-hybridized carbons (Fsp3) is 0.281. The summed E-state index contributed by atoms with van der Waals surface area (Å²) >= 11 is 6.26. The van der Waals surface area contributed by atoms with Crippen LogP contribution in [0.15, 0.2) is 78.2 Å². The average molecular weight is 605 g/mol. The number of hydrogen-bond acceptors (Lipinski definition) is 7. The van der Waals surface area contributed by atoms with Crippen molar-refractivity contribution in [3.05, 3.63) is 83.7 Å². The van der Waals surface area contributed by atoms with E-state index in [1.165, 1.54) is 5.56 Å². The van der Waals surface area contributed by atoms with Crippen LogP contribution in [0.2, 0.25) is 0 Å². The second-order valence-corrected chi connectivity index (χ2v) is 11.4. The Hall–Kier alpha value is -4.15. The topological polar surface area (TPSA) is 119 Å². The maximum atomic E-state index is 10.9. The summed E-state index contributed by atoms with van der Waals surface area (Å²) < 4.78 is 10.3. The molecule has 0 aliphatic heterocycles. The summed E-state index contributed by atoms with van der Waals surface area (Å²) in [7, 11) is 3.27. The Labute approximate surface area is 255 Å². The molecule has 1 aliphatic carbocycles. The van der Waals surface area contributed by atoms with Crippen molar-refractivity contribution in [2.75, 3.05) is 24.9 Å². The summed E-state index contributed by atoms with van der Waals surface area (Å²) in [5.41, 5.74) is 10.5. The van der Waals surface area contributed by atoms with E-state index in [4.69, 9.17) is 25.3 Å². The Morgan fingerprint density at radius 1 is 0.976 bits per heavy atom. The number of ether oxygens (including phenoxy) is 2. The molecule has 1 saturated carbocycles. The maximum Gasteiger partial charge on any atom is 0.303 e. The van der Waals surface area contributed by atoms with Crippen molar-refractivity contribution < 1.29 is 19.4 Å². The van der Waals surface area contributed by atoms with Crippen LogP contribution in [-0.2, 0) is 4.79 Å². The number of nitrogens with two attached hydrogens (primary N) is 1. The van der Waals surface area contributed by atoms with E-state index >= 15 is 0 Å². The number of thiocarbonyl (C=S) groups is 1. The van der Waals surface area contributed by atoms with Crippen LogP contribution in [0.4, 0.5) is 16.5 Å². The van der Waals surface area contributed by atoms with Gasteiger partial charge >= 0.3 is 5.97 Å². The Morgan fingerprint density at radius 2 is 1.60 bits per heavy atom. The lowest BCUT2D eigenvalue weighted by Gasteiger charge is -2.28. The second kappa shape index (κ2) is 15.2. The number of nitrogens with zero attached hydrogens (tertiary/aromatic N) is 1. The number of carbonyl (C=O) groups is 1. The molecule has 42 heavy (non-hydrogen) atoms. The van der Waals surface area contributed by atoms with Gasteiger partial charge in [0.1, 0.15) is 11.5 Å². The first-order valence-electron chi connectivity index (χ1n) is 13.7. The number of carboxylic acid groups (broad SMARTS) is 1. The minimum absolute atomic E-state index is 0.253. The van der Waals surface area contributed by atoms with Crippen LogP contribution in [0.1, 0.15) is 43.6 Å². The molecule has 10 heteroatoms. The van der Waals surface area contributed by atoms with Gasteiger partial charge in [-0.1, -0.05) is 36.4 Å². The number of thiazole rings is 1. The number of aliphatic carboxylic acids is 1. The molecule has 0 spiro atoms. The number of aromatic nitrogens is 1. The van der Waals surface area contributed by atoms with E-state index in [1.54, 1.807) is 25.6 Å². The predicted molar refractivity (Wildman–Crippen MR) is 174 cm³/mol. The van der Waals surface area contributed by atoms with Gasteiger partial charge in [-0.3, -0.25) is 4.79 Å². The SMILES string of the molecule is COc1cccc(NC(N)=S)c1.COc1cccc(Nc2nc(-c3ccc(C4CCC(CC(=O)O)CC4)cc3)cs2)c1. The lowest BCUT2D eigenvalue weighted by atomic mass is 9.77. The first kappa shape index (κ1) is 30.8. The van der Waals surface area contributed by atoms with Crippen LogP contribution in [0, 0.1) is 5.92 Å². The number of nitrogens with one attached hydrogen (secondary N) is 2. The minimum atomic E-state index is -0.675. The van der Waals surface area contributed by atoms with Gasteiger partial charge in [-0.05, 0) is 79.6 Å². The second-order valence-electron chi connectivity index (χ2n) is 10.1. The lowest BCUT2D eigenvalue weighted by Crippen LogP contribution is -2.18. The third-order valence-electron chi connectivity index (χ3n) is 7.15. The zero-order valence-electron chi connectivity index (χ0n) is 23.7. The van der Waals surface area contributed by atoms with Gasteiger partial charge in [0.15, 0.2) is 10.2 Å². The van der Waals surface area contributed by atoms with Gasteiger partial charge < -0.3 is 30.9 Å². The summed E-state index contributed by atoms with van der Waals surface area (Å²) in [6.07, 6.45) is 4.46. The molecule has 220 valence electrons. The molecule has 3 aromatic carbocycles. The highest BCUT2D eigenvalue weighted by atomic mass is 32.1. The molecule has 0 unspecified atom stereocenters. The summed E-state index contributed by atoms with van der Waals surface area (Å²) in [5.74, 6) is 1.78. The van der Waals surface area contributed by atoms with Gasteiger partial charge in [0.25, 0.3) is 0 Å². The summed E-state index contributed by atoms with van der Waals surface area (Å²) in [4.78, 5) is 15.6. The molecular formula is C32H36N4O4S2. The zero-order chi connectivity index (χ0) is 29.9. The number of methoxy groups -OCH3 is 2. The van der Waals surface area contributed by atoms with E-state index in [9.17, 15) is 4.79 Å². The summed E-state index contributed by atoms with van der Waals surface area (Å²) in [5, 5.41) is 18.3. The van der Waals surface area contributed by atoms with Crippen molar-refractivity contribution in [3.8, 4) is 22.8 Å². The van der Waals surface area contributed by atoms with E-state index in [0.29, 0.717) is 18.3 Å². The van der Waals surface area contributed by atoms with E-state index in [2.05, 4.69) is 52.5 Å². The number of rotatable bonds is 9. The van der Waals surface area contributed by atoms with Gasteiger partial charge in [-0.2, -0.15) is 0 Å². The molecule has 0 bridgehead atoms. The Balaban J connectivity index is 0.000000283. The van der Waals surface area contributed by atoms with Crippen LogP contribution in [0.5, 0.6) is 11.5 Å². The van der Waals surface area contributed by atoms with Crippen molar-refractivity contribution in [2.24, 2.45) is 11.7 Å². The van der Waals surface area contributed by atoms with Gasteiger partial charge in [0, 0.05) is 40.9 Å². The third kappa shape index (κ3) is 9.19. The highest BCUT2D eigenvalue weighted by molar-refractivity contribution is 7.80. The normalized spacial score (nSPS) is 16.0. The average Bonchev–Trinajstić information content (AvgIpc) is 3.46. The zero-order valence-corrected chi connectivity index (χ0v) is 25.3. The van der Waals surface area contributed by atoms with Crippen LogP contribution in [0.25, 0.3) is 11.3 Å². The molecule has 0 amide bonds. The number of anilines is 3. The highest BCUT2D eigenvalue weighted by Crippen LogP contribution is 2.38. The standard InChI is InChI=1S/C24H26N2O3S.C8H10N2OS/c1-29-21-4-2-3-20(14-21)25-24-26-22(15-30-24)19-11-9-18(10-12-19)17-7-5-16(6-8-17)13-23(27)28;1-11-7-4-2-3-6(5-7)10-8(9)12/h2-4,9-12,14-17H,5-8,13H2,1H3,(H,25,26)(H,27,28);2-5H,1H3,(H3,9,10,12). The number of carboxylic acids is 1. The molecule has 5 N–H and O–H groups in total. The van der Waals surface area contributed by atoms with E-state index in [0.717, 1.165) is 64.9 Å². The van der Waals surface area contributed by atoms with Crippen LogP contribution in [-0.4, -0.2) is 35.4 Å². The van der Waals surface area contributed by atoms with Crippen LogP contribution >= 0.6 is 23.6 Å². The van der Waals surface area contributed by atoms with Crippen molar-refractivity contribution in [2.45, 2.75) is 38.0 Å². The lowest BCUT2D eigenvalue weighted by molar-refractivity contribution is -0.138. The largest absolute Gasteiger partial charge is 0.497 e. The fourth-order valence-corrected chi connectivity index (χ4v) is 5.86. The first-order valence-corrected chi connectivity index (χ1v) is 15.0. The van der Waals surface area contributed by atoms with Crippen LogP contribution in [0.3, 0.4) is 0 Å². The van der Waals surface area contributed by atoms with E-state index in [1.807, 2.05) is 48.5 Å². The van der Waals surface area contributed by atoms with Crippen molar-refractivity contribution in [1.29, 1.82) is 0 Å². The van der Waals surface area contributed by atoms with Gasteiger partial charge in [-0.15, -0.1) is 11.3 Å². The summed E-state index contributed by atoms with van der Waals surface area (Å²) in [6.45, 7) is 0. The number of benzene rings is 3. The van der Waals surface area contributed by atoms with Crippen molar-refractivity contribution in [1.82, 2.24) is 4.98 Å². The fourth-order valence-electron chi connectivity index (χ4n) is 5.00. The summed E-state index contributed by atoms with van der Waals surface area (Å²) in [6, 6.07) is 23.9. The molecule has 5 rings (SSSR count).